The van der Waals surface area contributed by atoms with E-state index >= 15 is 0 Å². The average molecular weight is 728 g/mol. The van der Waals surface area contributed by atoms with E-state index in [1.54, 1.807) is 0 Å². The summed E-state index contributed by atoms with van der Waals surface area (Å²) in [4.78, 5) is 2.51. The van der Waals surface area contributed by atoms with Gasteiger partial charge in [0.05, 0.1) is 11.1 Å². The minimum Gasteiger partial charge on any atom is -0.456 e. The molecule has 0 bridgehead atoms. The second kappa shape index (κ2) is 12.4. The zero-order chi connectivity index (χ0) is 37.5. The van der Waals surface area contributed by atoms with Crippen LogP contribution >= 0.6 is 0 Å². The summed E-state index contributed by atoms with van der Waals surface area (Å²) in [6.07, 6.45) is 5.83. The zero-order valence-electron chi connectivity index (χ0n) is 31.3. The molecule has 2 nitrogen and oxygen atoms in total. The molecule has 57 heavy (non-hydrogen) atoms. The first-order chi connectivity index (χ1) is 28.3. The third kappa shape index (κ3) is 4.65. The normalized spacial score (nSPS) is 15.8. The first-order valence-electron chi connectivity index (χ1n) is 19.9. The molecule has 3 aliphatic rings. The van der Waals surface area contributed by atoms with Gasteiger partial charge in [-0.05, 0) is 92.4 Å². The molecule has 0 amide bonds. The fraction of sp³-hybridized carbons (Fsp3) is 0.0545. The Morgan fingerprint density at radius 2 is 1.09 bits per heavy atom. The lowest BCUT2D eigenvalue weighted by molar-refractivity contribution is 0.669. The minimum absolute atomic E-state index is 0.183. The maximum absolute atomic E-state index is 6.59. The number of hydrogen-bond donors (Lipinski definition) is 0. The van der Waals surface area contributed by atoms with Gasteiger partial charge in [-0.15, -0.1) is 0 Å². The molecule has 1 heterocycles. The molecule has 268 valence electrons. The molecule has 0 N–H and O–H groups in total. The second-order valence-corrected chi connectivity index (χ2v) is 15.5. The molecule has 0 saturated heterocycles. The van der Waals surface area contributed by atoms with Crippen molar-refractivity contribution < 1.29 is 4.42 Å². The summed E-state index contributed by atoms with van der Waals surface area (Å²) in [5, 5.41) is 2.25. The summed E-state index contributed by atoms with van der Waals surface area (Å²) in [5.74, 6) is 0.183. The monoisotopic (exact) mass is 727 g/mol. The van der Waals surface area contributed by atoms with Crippen molar-refractivity contribution in [3.05, 3.63) is 245 Å². The summed E-state index contributed by atoms with van der Waals surface area (Å²) in [6.45, 7) is 0. The standard InChI is InChI=1S/C55H37NO/c1-3-16-36(17-4-1)38-32-39(37-18-5-2-6-19-37)34-41(33-38)56(40-30-31-45-44-22-10-14-29-52(44)57-53(45)35-40)51-28-15-27-50-54(51)46-23-9-13-26-49(46)55(50)47-24-11-7-20-42(47)43-21-8-12-25-48(43)55/h1-31,33-35,38H,32H2. The third-order valence-corrected chi connectivity index (χ3v) is 12.6. The van der Waals surface area contributed by atoms with Gasteiger partial charge in [0.25, 0.3) is 0 Å². The Labute approximate surface area is 332 Å². The highest BCUT2D eigenvalue weighted by molar-refractivity contribution is 6.07. The summed E-state index contributed by atoms with van der Waals surface area (Å²) in [5.41, 5.74) is 19.1. The SMILES string of the molecule is C1=C(c2ccccc2)CC(c2ccccc2)C=C1N(c1ccc2c(c1)oc1ccccc12)c1cccc2c1-c1ccccc1C21c2ccccc2-c2ccccc21. The highest BCUT2D eigenvalue weighted by Gasteiger charge is 2.52. The van der Waals surface area contributed by atoms with E-state index in [1.807, 2.05) is 6.07 Å². The molecule has 12 rings (SSSR count). The highest BCUT2D eigenvalue weighted by atomic mass is 16.3. The number of benzene rings is 8. The van der Waals surface area contributed by atoms with Crippen LogP contribution in [0.5, 0.6) is 0 Å². The number of hydrogen-bond acceptors (Lipinski definition) is 2. The van der Waals surface area contributed by atoms with E-state index in [2.05, 4.69) is 205 Å². The molecule has 9 aromatic rings. The van der Waals surface area contributed by atoms with Gasteiger partial charge in [-0.2, -0.15) is 0 Å². The molecule has 0 radical (unpaired) electrons. The average Bonchev–Trinajstić information content (AvgIpc) is 3.91. The van der Waals surface area contributed by atoms with E-state index in [4.69, 9.17) is 4.42 Å². The Morgan fingerprint density at radius 1 is 0.491 bits per heavy atom. The Bertz CT molecular complexity index is 3070. The molecule has 1 spiro atoms. The smallest absolute Gasteiger partial charge is 0.137 e. The van der Waals surface area contributed by atoms with Crippen LogP contribution in [0.2, 0.25) is 0 Å². The largest absolute Gasteiger partial charge is 0.456 e. The lowest BCUT2D eigenvalue weighted by Crippen LogP contribution is -2.26. The van der Waals surface area contributed by atoms with Crippen LogP contribution in [-0.4, -0.2) is 0 Å². The first-order valence-corrected chi connectivity index (χ1v) is 19.9. The van der Waals surface area contributed by atoms with Crippen LogP contribution < -0.4 is 4.90 Å². The van der Waals surface area contributed by atoms with Crippen LogP contribution in [0.15, 0.2) is 216 Å². The van der Waals surface area contributed by atoms with Crippen molar-refractivity contribution in [3.8, 4) is 22.3 Å². The van der Waals surface area contributed by atoms with Crippen molar-refractivity contribution in [2.45, 2.75) is 17.8 Å². The summed E-state index contributed by atoms with van der Waals surface area (Å²) in [6, 6.07) is 71.2. The Kier molecular flexibility index (Phi) is 7.00. The van der Waals surface area contributed by atoms with Crippen molar-refractivity contribution in [1.82, 2.24) is 0 Å². The lowest BCUT2D eigenvalue weighted by Gasteiger charge is -2.34. The van der Waals surface area contributed by atoms with Gasteiger partial charge in [-0.25, -0.2) is 0 Å². The highest BCUT2D eigenvalue weighted by Crippen LogP contribution is 2.64. The van der Waals surface area contributed by atoms with Gasteiger partial charge < -0.3 is 9.32 Å². The van der Waals surface area contributed by atoms with Gasteiger partial charge in [0, 0.05) is 39.7 Å². The number of para-hydroxylation sites is 1. The molecule has 0 fully saturated rings. The van der Waals surface area contributed by atoms with E-state index in [0.717, 1.165) is 45.4 Å². The van der Waals surface area contributed by atoms with E-state index in [1.165, 1.54) is 61.2 Å². The van der Waals surface area contributed by atoms with Crippen LogP contribution in [0.1, 0.15) is 45.7 Å². The van der Waals surface area contributed by atoms with Crippen LogP contribution in [0, 0.1) is 0 Å². The van der Waals surface area contributed by atoms with Crippen molar-refractivity contribution in [3.63, 3.8) is 0 Å². The number of allylic oxidation sites excluding steroid dienone is 3. The molecular formula is C55H37NO. The van der Waals surface area contributed by atoms with E-state index < -0.39 is 5.41 Å². The number of fused-ring (bicyclic) bond motifs is 13. The fourth-order valence-corrected chi connectivity index (χ4v) is 10.3. The van der Waals surface area contributed by atoms with Crippen molar-refractivity contribution >= 4 is 38.9 Å². The molecule has 1 aromatic heterocycles. The minimum atomic E-state index is -0.442. The fourth-order valence-electron chi connectivity index (χ4n) is 10.3. The number of nitrogens with zero attached hydrogens (tertiary/aromatic N) is 1. The van der Waals surface area contributed by atoms with Crippen LogP contribution in [0.25, 0.3) is 49.8 Å². The van der Waals surface area contributed by atoms with Crippen LogP contribution in [0.3, 0.4) is 0 Å². The quantitative estimate of drug-likeness (QED) is 0.175. The van der Waals surface area contributed by atoms with Crippen LogP contribution in [-0.2, 0) is 5.41 Å². The number of rotatable bonds is 5. The Hall–Kier alpha value is -7.16. The van der Waals surface area contributed by atoms with Crippen molar-refractivity contribution in [2.75, 3.05) is 4.90 Å². The summed E-state index contributed by atoms with van der Waals surface area (Å²) >= 11 is 0. The first kappa shape index (κ1) is 32.1. The van der Waals surface area contributed by atoms with Gasteiger partial charge in [0.1, 0.15) is 11.2 Å². The second-order valence-electron chi connectivity index (χ2n) is 15.5. The molecule has 2 heteroatoms. The van der Waals surface area contributed by atoms with Gasteiger partial charge in [-0.3, -0.25) is 0 Å². The van der Waals surface area contributed by atoms with Gasteiger partial charge in [-0.1, -0.05) is 170 Å². The number of furan rings is 1. The Morgan fingerprint density at radius 3 is 1.84 bits per heavy atom. The maximum atomic E-state index is 6.59. The topological polar surface area (TPSA) is 16.4 Å². The van der Waals surface area contributed by atoms with E-state index in [9.17, 15) is 0 Å². The zero-order valence-corrected chi connectivity index (χ0v) is 31.3. The van der Waals surface area contributed by atoms with Crippen LogP contribution in [0.4, 0.5) is 11.4 Å². The molecule has 8 aromatic carbocycles. The maximum Gasteiger partial charge on any atom is 0.137 e. The number of anilines is 2. The molecule has 0 saturated carbocycles. The molecule has 3 aliphatic carbocycles. The van der Waals surface area contributed by atoms with Gasteiger partial charge >= 0.3 is 0 Å². The molecule has 1 atom stereocenters. The third-order valence-electron chi connectivity index (χ3n) is 12.6. The summed E-state index contributed by atoms with van der Waals surface area (Å²) < 4.78 is 6.59. The Balaban J connectivity index is 1.16. The molecular weight excluding hydrogens is 691 g/mol. The predicted octanol–water partition coefficient (Wildman–Crippen LogP) is 14.2. The van der Waals surface area contributed by atoms with E-state index in [0.29, 0.717) is 0 Å². The van der Waals surface area contributed by atoms with Crippen molar-refractivity contribution in [1.29, 1.82) is 0 Å². The summed E-state index contributed by atoms with van der Waals surface area (Å²) in [7, 11) is 0. The van der Waals surface area contributed by atoms with Gasteiger partial charge in [0.15, 0.2) is 0 Å². The van der Waals surface area contributed by atoms with Gasteiger partial charge in [0.2, 0.25) is 0 Å². The molecule has 0 aliphatic heterocycles. The van der Waals surface area contributed by atoms with E-state index in [-0.39, 0.29) is 5.92 Å². The molecule has 1 unspecified atom stereocenters. The predicted molar refractivity (Wildman–Crippen MR) is 235 cm³/mol. The van der Waals surface area contributed by atoms with Crippen molar-refractivity contribution in [2.24, 2.45) is 0 Å². The lowest BCUT2D eigenvalue weighted by atomic mass is 9.70.